The van der Waals surface area contributed by atoms with Crippen LogP contribution in [-0.2, 0) is 14.4 Å². The fourth-order valence-corrected chi connectivity index (χ4v) is 1.04. The maximum atomic E-state index is 11.3. The third-order valence-electron chi connectivity index (χ3n) is 2.14. The first-order chi connectivity index (χ1) is 7.82. The number of hydrogen-bond acceptors (Lipinski definition) is 3. The van der Waals surface area contributed by atoms with Crippen LogP contribution in [-0.4, -0.2) is 35.5 Å². The minimum Gasteiger partial charge on any atom is -0.480 e. The van der Waals surface area contributed by atoms with Crippen molar-refractivity contribution in [3.8, 4) is 0 Å². The van der Waals surface area contributed by atoms with Gasteiger partial charge in [-0.05, 0) is 19.3 Å². The zero-order valence-electron chi connectivity index (χ0n) is 10.4. The fourth-order valence-electron chi connectivity index (χ4n) is 1.04. The first kappa shape index (κ1) is 15.4. The third kappa shape index (κ3) is 8.24. The summed E-state index contributed by atoms with van der Waals surface area (Å²) in [5.41, 5.74) is 0. The van der Waals surface area contributed by atoms with E-state index in [1.807, 2.05) is 13.8 Å². The Morgan fingerprint density at radius 2 is 1.71 bits per heavy atom. The average molecular weight is 244 g/mol. The quantitative estimate of drug-likeness (QED) is 0.593. The number of carboxylic acid groups (broad SMARTS) is 1. The zero-order chi connectivity index (χ0) is 13.4. The molecule has 0 saturated carbocycles. The molecule has 1 unspecified atom stereocenters. The summed E-state index contributed by atoms with van der Waals surface area (Å²) in [5.74, 6) is -1.37. The highest BCUT2D eigenvalue weighted by Gasteiger charge is 2.14. The minimum absolute atomic E-state index is 0.186. The average Bonchev–Trinajstić information content (AvgIpc) is 2.23. The van der Waals surface area contributed by atoms with Crippen molar-refractivity contribution in [2.75, 3.05) is 6.54 Å². The maximum Gasteiger partial charge on any atom is 0.325 e. The molecular formula is C11H20N2O4. The van der Waals surface area contributed by atoms with Crippen LogP contribution < -0.4 is 10.6 Å². The number of nitrogens with one attached hydrogen (secondary N) is 2. The van der Waals surface area contributed by atoms with Crippen LogP contribution in [0.15, 0.2) is 0 Å². The summed E-state index contributed by atoms with van der Waals surface area (Å²) < 4.78 is 0. The summed E-state index contributed by atoms with van der Waals surface area (Å²) in [4.78, 5) is 32.9. The standard InChI is InChI=1S/C11H20N2O4/c1-7(2)4-5-9(14)12-6-10(15)13-8(3)11(16)17/h7-8H,4-6H2,1-3H3,(H,12,14)(H,13,15)(H,16,17). The first-order valence-electron chi connectivity index (χ1n) is 5.61. The van der Waals surface area contributed by atoms with Crippen LogP contribution >= 0.6 is 0 Å². The van der Waals surface area contributed by atoms with Gasteiger partial charge < -0.3 is 15.7 Å². The lowest BCUT2D eigenvalue weighted by atomic mass is 10.1. The molecule has 2 amide bonds. The SMILES string of the molecule is CC(C)CCC(=O)NCC(=O)NC(C)C(=O)O. The number of hydrogen-bond donors (Lipinski definition) is 3. The van der Waals surface area contributed by atoms with E-state index in [0.717, 1.165) is 6.42 Å². The third-order valence-corrected chi connectivity index (χ3v) is 2.14. The van der Waals surface area contributed by atoms with Gasteiger partial charge in [-0.3, -0.25) is 14.4 Å². The van der Waals surface area contributed by atoms with Crippen LogP contribution in [0.4, 0.5) is 0 Å². The van der Waals surface area contributed by atoms with Gasteiger partial charge in [0.15, 0.2) is 0 Å². The van der Waals surface area contributed by atoms with Gasteiger partial charge in [-0.15, -0.1) is 0 Å². The summed E-state index contributed by atoms with van der Waals surface area (Å²) >= 11 is 0. The van der Waals surface area contributed by atoms with E-state index in [2.05, 4.69) is 10.6 Å². The molecule has 0 aromatic carbocycles. The number of carbonyl (C=O) groups excluding carboxylic acids is 2. The molecule has 6 heteroatoms. The highest BCUT2D eigenvalue weighted by molar-refractivity contribution is 5.87. The molecule has 1 atom stereocenters. The molecule has 0 saturated heterocycles. The van der Waals surface area contributed by atoms with E-state index in [-0.39, 0.29) is 12.5 Å². The Morgan fingerprint density at radius 1 is 1.12 bits per heavy atom. The van der Waals surface area contributed by atoms with Gasteiger partial charge in [-0.2, -0.15) is 0 Å². The molecule has 0 aromatic rings. The lowest BCUT2D eigenvalue weighted by molar-refractivity contribution is -0.141. The summed E-state index contributed by atoms with van der Waals surface area (Å²) in [6.07, 6.45) is 1.14. The summed E-state index contributed by atoms with van der Waals surface area (Å²) in [6.45, 7) is 5.19. The van der Waals surface area contributed by atoms with E-state index in [0.29, 0.717) is 12.3 Å². The van der Waals surface area contributed by atoms with E-state index in [9.17, 15) is 14.4 Å². The Kier molecular flexibility index (Phi) is 6.93. The van der Waals surface area contributed by atoms with Crippen molar-refractivity contribution < 1.29 is 19.5 Å². The van der Waals surface area contributed by atoms with Crippen LogP contribution in [0.5, 0.6) is 0 Å². The number of carbonyl (C=O) groups is 3. The molecule has 6 nitrogen and oxygen atoms in total. The second-order valence-corrected chi connectivity index (χ2v) is 4.34. The molecule has 98 valence electrons. The van der Waals surface area contributed by atoms with Gasteiger partial charge in [0.25, 0.3) is 0 Å². The van der Waals surface area contributed by atoms with Crippen molar-refractivity contribution in [2.24, 2.45) is 5.92 Å². The van der Waals surface area contributed by atoms with E-state index in [4.69, 9.17) is 5.11 Å². The molecular weight excluding hydrogens is 224 g/mol. The highest BCUT2D eigenvalue weighted by atomic mass is 16.4. The molecule has 0 aliphatic carbocycles. The van der Waals surface area contributed by atoms with Gasteiger partial charge in [0, 0.05) is 6.42 Å². The Bertz CT molecular complexity index is 289. The number of carboxylic acids is 1. The molecule has 0 rings (SSSR count). The number of aliphatic carboxylic acids is 1. The lowest BCUT2D eigenvalue weighted by Crippen LogP contribution is -2.44. The number of amides is 2. The van der Waals surface area contributed by atoms with Crippen molar-refractivity contribution in [1.82, 2.24) is 10.6 Å². The first-order valence-corrected chi connectivity index (χ1v) is 5.61. The fraction of sp³-hybridized carbons (Fsp3) is 0.727. The Balaban J connectivity index is 3.77. The van der Waals surface area contributed by atoms with Gasteiger partial charge in [0.1, 0.15) is 6.04 Å². The Morgan fingerprint density at radius 3 is 2.18 bits per heavy atom. The molecule has 3 N–H and O–H groups in total. The summed E-state index contributed by atoms with van der Waals surface area (Å²) in [7, 11) is 0. The Labute approximate surface area is 101 Å². The molecule has 0 spiro atoms. The highest BCUT2D eigenvalue weighted by Crippen LogP contribution is 2.02. The normalized spacial score (nSPS) is 12.0. The van der Waals surface area contributed by atoms with Gasteiger partial charge in [0.05, 0.1) is 6.54 Å². The van der Waals surface area contributed by atoms with Crippen LogP contribution in [0.1, 0.15) is 33.6 Å². The Hall–Kier alpha value is -1.59. The molecule has 0 aliphatic rings. The van der Waals surface area contributed by atoms with E-state index in [1.165, 1.54) is 6.92 Å². The van der Waals surface area contributed by atoms with E-state index in [1.54, 1.807) is 0 Å². The van der Waals surface area contributed by atoms with Crippen molar-refractivity contribution >= 4 is 17.8 Å². The molecule has 0 bridgehead atoms. The topological polar surface area (TPSA) is 95.5 Å². The van der Waals surface area contributed by atoms with Crippen molar-refractivity contribution in [1.29, 1.82) is 0 Å². The van der Waals surface area contributed by atoms with Crippen LogP contribution in [0.25, 0.3) is 0 Å². The van der Waals surface area contributed by atoms with Gasteiger partial charge in [0.2, 0.25) is 11.8 Å². The smallest absolute Gasteiger partial charge is 0.325 e. The second kappa shape index (κ2) is 7.65. The monoisotopic (exact) mass is 244 g/mol. The van der Waals surface area contributed by atoms with Gasteiger partial charge in [-0.25, -0.2) is 0 Å². The number of rotatable bonds is 7. The lowest BCUT2D eigenvalue weighted by Gasteiger charge is -2.10. The summed E-state index contributed by atoms with van der Waals surface area (Å²) in [6, 6.07) is -0.949. The second-order valence-electron chi connectivity index (χ2n) is 4.34. The molecule has 0 radical (unpaired) electrons. The van der Waals surface area contributed by atoms with E-state index >= 15 is 0 Å². The van der Waals surface area contributed by atoms with Crippen LogP contribution in [0.2, 0.25) is 0 Å². The van der Waals surface area contributed by atoms with E-state index < -0.39 is 17.9 Å². The van der Waals surface area contributed by atoms with Crippen molar-refractivity contribution in [3.63, 3.8) is 0 Å². The predicted octanol–water partition coefficient (Wildman–Crippen LogP) is 0.128. The largest absolute Gasteiger partial charge is 0.480 e. The van der Waals surface area contributed by atoms with Crippen molar-refractivity contribution in [3.05, 3.63) is 0 Å². The molecule has 0 heterocycles. The molecule has 17 heavy (non-hydrogen) atoms. The predicted molar refractivity (Wildman–Crippen MR) is 62.3 cm³/mol. The van der Waals surface area contributed by atoms with Crippen molar-refractivity contribution in [2.45, 2.75) is 39.7 Å². The zero-order valence-corrected chi connectivity index (χ0v) is 10.4. The van der Waals surface area contributed by atoms with Gasteiger partial charge >= 0.3 is 5.97 Å². The molecule has 0 aromatic heterocycles. The van der Waals surface area contributed by atoms with Crippen LogP contribution in [0.3, 0.4) is 0 Å². The van der Waals surface area contributed by atoms with Gasteiger partial charge in [-0.1, -0.05) is 13.8 Å². The molecule has 0 fully saturated rings. The molecule has 0 aliphatic heterocycles. The van der Waals surface area contributed by atoms with Crippen LogP contribution in [0, 0.1) is 5.92 Å². The minimum atomic E-state index is -1.11. The maximum absolute atomic E-state index is 11.3. The summed E-state index contributed by atoms with van der Waals surface area (Å²) in [5, 5.41) is 13.2.